The summed E-state index contributed by atoms with van der Waals surface area (Å²) in [7, 11) is 0. The summed E-state index contributed by atoms with van der Waals surface area (Å²) in [6.45, 7) is 14.3. The van der Waals surface area contributed by atoms with E-state index >= 15 is 0 Å². The van der Waals surface area contributed by atoms with E-state index in [0.717, 1.165) is 23.7 Å². The summed E-state index contributed by atoms with van der Waals surface area (Å²) in [5.74, 6) is 3.76. The molecule has 0 nitrogen and oxygen atoms in total. The van der Waals surface area contributed by atoms with E-state index in [1.54, 1.807) is 0 Å². The van der Waals surface area contributed by atoms with Crippen LogP contribution in [0.4, 0.5) is 0 Å². The van der Waals surface area contributed by atoms with E-state index in [9.17, 15) is 0 Å². The summed E-state index contributed by atoms with van der Waals surface area (Å²) in [4.78, 5) is 0. The molecule has 0 amide bonds. The topological polar surface area (TPSA) is 0 Å². The first-order chi connectivity index (χ1) is 11.0. The minimum absolute atomic E-state index is 0.874. The molecule has 0 aliphatic rings. The van der Waals surface area contributed by atoms with Gasteiger partial charge in [-0.05, 0) is 30.1 Å². The molecule has 0 aromatic carbocycles. The molecule has 0 aliphatic heterocycles. The van der Waals surface area contributed by atoms with Gasteiger partial charge in [-0.1, -0.05) is 119 Å². The highest BCUT2D eigenvalue weighted by Crippen LogP contribution is 2.24. The van der Waals surface area contributed by atoms with Crippen molar-refractivity contribution in [3.8, 4) is 0 Å². The van der Waals surface area contributed by atoms with E-state index in [2.05, 4.69) is 41.5 Å². The van der Waals surface area contributed by atoms with Crippen LogP contribution < -0.4 is 0 Å². The molecule has 0 N–H and O–H groups in total. The average Bonchev–Trinajstić information content (AvgIpc) is 2.49. The van der Waals surface area contributed by atoms with Gasteiger partial charge in [0, 0.05) is 0 Å². The molecule has 0 saturated heterocycles. The minimum atomic E-state index is 0.874. The van der Waals surface area contributed by atoms with Gasteiger partial charge in [-0.2, -0.15) is 0 Å². The summed E-state index contributed by atoms with van der Waals surface area (Å²) in [5, 5.41) is 0. The molecule has 0 heterocycles. The number of rotatable bonds is 16. The first-order valence-electron chi connectivity index (χ1n) is 11.0. The smallest absolute Gasteiger partial charge is 0.0414 e. The van der Waals surface area contributed by atoms with Crippen molar-refractivity contribution in [1.82, 2.24) is 0 Å². The van der Waals surface area contributed by atoms with Crippen LogP contribution >= 0.6 is 0 Å². The quantitative estimate of drug-likeness (QED) is 0.249. The van der Waals surface area contributed by atoms with Crippen LogP contribution in [0.25, 0.3) is 0 Å². The highest BCUT2D eigenvalue weighted by molar-refractivity contribution is 4.62. The molecule has 23 heavy (non-hydrogen) atoms. The zero-order valence-corrected chi connectivity index (χ0v) is 17.5. The molecule has 0 aromatic rings. The highest BCUT2D eigenvalue weighted by atomic mass is 14.2. The molecule has 0 aromatic heterocycles. The predicted octanol–water partition coefficient (Wildman–Crippen LogP) is 8.64. The summed E-state index contributed by atoms with van der Waals surface area (Å²) in [6.07, 6.45) is 18.8. The van der Waals surface area contributed by atoms with Gasteiger partial charge in [-0.15, -0.1) is 0 Å². The van der Waals surface area contributed by atoms with Crippen molar-refractivity contribution in [2.75, 3.05) is 0 Å². The summed E-state index contributed by atoms with van der Waals surface area (Å²) in [6, 6.07) is 0. The van der Waals surface area contributed by atoms with Crippen LogP contribution in [0.1, 0.15) is 125 Å². The van der Waals surface area contributed by atoms with Gasteiger partial charge in [0.15, 0.2) is 0 Å². The molecule has 0 spiro atoms. The predicted molar refractivity (Wildman–Crippen MR) is 108 cm³/mol. The van der Waals surface area contributed by atoms with Crippen molar-refractivity contribution in [3.05, 3.63) is 0 Å². The SMILES string of the molecule is CCCC(C)CCCCCC(C)CCCCC(CC)CC(C)C. The Morgan fingerprint density at radius 1 is 0.565 bits per heavy atom. The van der Waals surface area contributed by atoms with Crippen LogP contribution in [0.5, 0.6) is 0 Å². The van der Waals surface area contributed by atoms with Gasteiger partial charge in [-0.25, -0.2) is 0 Å². The fraction of sp³-hybridized carbons (Fsp3) is 1.00. The Kier molecular flexibility index (Phi) is 15.5. The fourth-order valence-electron chi connectivity index (χ4n) is 4.02. The van der Waals surface area contributed by atoms with Gasteiger partial charge in [-0.3, -0.25) is 0 Å². The molecule has 3 unspecified atom stereocenters. The second kappa shape index (κ2) is 15.5. The third kappa shape index (κ3) is 15.3. The minimum Gasteiger partial charge on any atom is -0.0654 e. The summed E-state index contributed by atoms with van der Waals surface area (Å²) < 4.78 is 0. The van der Waals surface area contributed by atoms with E-state index in [1.807, 2.05) is 0 Å². The third-order valence-electron chi connectivity index (χ3n) is 5.62. The Bertz CT molecular complexity index is 230. The lowest BCUT2D eigenvalue weighted by molar-refractivity contribution is 0.351. The van der Waals surface area contributed by atoms with Crippen LogP contribution in [0, 0.1) is 23.7 Å². The monoisotopic (exact) mass is 324 g/mol. The standard InChI is InChI=1S/C23H48/c1-7-14-21(5)15-10-9-11-16-22(6)17-12-13-18-23(8-2)19-20(3)4/h20-23H,7-19H2,1-6H3. The van der Waals surface area contributed by atoms with Crippen molar-refractivity contribution in [3.63, 3.8) is 0 Å². The van der Waals surface area contributed by atoms with Crippen molar-refractivity contribution in [2.24, 2.45) is 23.7 Å². The maximum Gasteiger partial charge on any atom is -0.0414 e. The Balaban J connectivity index is 3.48. The third-order valence-corrected chi connectivity index (χ3v) is 5.62. The Hall–Kier alpha value is 0. The molecule has 0 saturated carbocycles. The molecule has 0 rings (SSSR count). The molecule has 0 radical (unpaired) electrons. The van der Waals surface area contributed by atoms with Gasteiger partial charge in [0.2, 0.25) is 0 Å². The fourth-order valence-corrected chi connectivity index (χ4v) is 4.02. The number of unbranched alkanes of at least 4 members (excludes halogenated alkanes) is 3. The van der Waals surface area contributed by atoms with Gasteiger partial charge in [0.25, 0.3) is 0 Å². The molecule has 3 atom stereocenters. The van der Waals surface area contributed by atoms with Crippen LogP contribution in [0.2, 0.25) is 0 Å². The second-order valence-corrected chi connectivity index (χ2v) is 8.83. The molecule has 140 valence electrons. The zero-order valence-electron chi connectivity index (χ0n) is 17.5. The average molecular weight is 325 g/mol. The molecule has 0 heteroatoms. The molecule has 0 aliphatic carbocycles. The molecule has 0 fully saturated rings. The van der Waals surface area contributed by atoms with E-state index in [-0.39, 0.29) is 0 Å². The summed E-state index contributed by atoms with van der Waals surface area (Å²) in [5.41, 5.74) is 0. The lowest BCUT2D eigenvalue weighted by Gasteiger charge is -2.17. The molecular formula is C23H48. The van der Waals surface area contributed by atoms with Crippen molar-refractivity contribution < 1.29 is 0 Å². The summed E-state index contributed by atoms with van der Waals surface area (Å²) >= 11 is 0. The first-order valence-corrected chi connectivity index (χ1v) is 11.0. The number of hydrogen-bond acceptors (Lipinski definition) is 0. The highest BCUT2D eigenvalue weighted by Gasteiger charge is 2.09. The van der Waals surface area contributed by atoms with Gasteiger partial charge >= 0.3 is 0 Å². The van der Waals surface area contributed by atoms with E-state index in [0.29, 0.717) is 0 Å². The maximum atomic E-state index is 2.48. The van der Waals surface area contributed by atoms with Crippen LogP contribution in [0.15, 0.2) is 0 Å². The number of hydrogen-bond donors (Lipinski definition) is 0. The Labute approximate surface area is 149 Å². The Morgan fingerprint density at radius 2 is 1.04 bits per heavy atom. The second-order valence-electron chi connectivity index (χ2n) is 8.83. The van der Waals surface area contributed by atoms with Gasteiger partial charge in [0.05, 0.1) is 0 Å². The van der Waals surface area contributed by atoms with Crippen molar-refractivity contribution in [1.29, 1.82) is 0 Å². The van der Waals surface area contributed by atoms with Gasteiger partial charge < -0.3 is 0 Å². The van der Waals surface area contributed by atoms with Crippen molar-refractivity contribution >= 4 is 0 Å². The van der Waals surface area contributed by atoms with E-state index < -0.39 is 0 Å². The normalized spacial score (nSPS) is 15.8. The molecule has 0 bridgehead atoms. The lowest BCUT2D eigenvalue weighted by Crippen LogP contribution is -2.04. The first kappa shape index (κ1) is 23.0. The van der Waals surface area contributed by atoms with Crippen molar-refractivity contribution in [2.45, 2.75) is 125 Å². The van der Waals surface area contributed by atoms with Crippen LogP contribution in [-0.4, -0.2) is 0 Å². The lowest BCUT2D eigenvalue weighted by atomic mass is 9.89. The van der Waals surface area contributed by atoms with E-state index in [4.69, 9.17) is 0 Å². The van der Waals surface area contributed by atoms with Gasteiger partial charge in [0.1, 0.15) is 0 Å². The molecular weight excluding hydrogens is 276 g/mol. The Morgan fingerprint density at radius 3 is 1.52 bits per heavy atom. The maximum absolute atomic E-state index is 2.48. The zero-order chi connectivity index (χ0) is 17.5. The largest absolute Gasteiger partial charge is 0.0654 e. The van der Waals surface area contributed by atoms with E-state index in [1.165, 1.54) is 83.5 Å². The van der Waals surface area contributed by atoms with Crippen LogP contribution in [-0.2, 0) is 0 Å². The van der Waals surface area contributed by atoms with Crippen LogP contribution in [0.3, 0.4) is 0 Å².